The number of hydrogen-bond donors (Lipinski definition) is 2. The summed E-state index contributed by atoms with van der Waals surface area (Å²) in [6.45, 7) is 0.705. The molecule has 5 heteroatoms. The van der Waals surface area contributed by atoms with Crippen molar-refractivity contribution in [2.24, 2.45) is 0 Å². The summed E-state index contributed by atoms with van der Waals surface area (Å²) in [5.74, 6) is 0. The van der Waals surface area contributed by atoms with Crippen LogP contribution in [0.15, 0.2) is 18.2 Å². The van der Waals surface area contributed by atoms with Crippen LogP contribution in [0.3, 0.4) is 0 Å². The smallest absolute Gasteiger partial charge is 0.322 e. The highest BCUT2D eigenvalue weighted by molar-refractivity contribution is 6.31. The molecule has 0 spiro atoms. The largest absolute Gasteiger partial charge is 0.393 e. The molecule has 0 radical (unpaired) electrons. The lowest BCUT2D eigenvalue weighted by molar-refractivity contribution is 0.118. The van der Waals surface area contributed by atoms with Crippen LogP contribution in [0.2, 0.25) is 5.02 Å². The fraction of sp³-hybridized carbons (Fsp3) is 0.533. The van der Waals surface area contributed by atoms with Crippen molar-refractivity contribution in [1.82, 2.24) is 5.32 Å². The minimum Gasteiger partial charge on any atom is -0.393 e. The van der Waals surface area contributed by atoms with E-state index in [1.54, 1.807) is 4.90 Å². The Bertz CT molecular complexity index is 513. The zero-order valence-electron chi connectivity index (χ0n) is 11.3. The first-order valence-corrected chi connectivity index (χ1v) is 7.56. The number of nitrogens with zero attached hydrogens (tertiary/aromatic N) is 1. The van der Waals surface area contributed by atoms with Crippen molar-refractivity contribution in [3.05, 3.63) is 28.8 Å². The van der Waals surface area contributed by atoms with Crippen LogP contribution in [0.25, 0.3) is 0 Å². The van der Waals surface area contributed by atoms with Crippen molar-refractivity contribution in [3.8, 4) is 0 Å². The van der Waals surface area contributed by atoms with Gasteiger partial charge in [-0.25, -0.2) is 4.79 Å². The standard InChI is InChI=1S/C15H19ClN2O2/c16-11-2-1-10-7-8-18(14(10)9-11)15(20)17-12-3-5-13(19)6-4-12/h1-2,9,12-13,19H,3-8H2,(H,17,20). The van der Waals surface area contributed by atoms with Gasteiger partial charge in [0.2, 0.25) is 0 Å². The van der Waals surface area contributed by atoms with Gasteiger partial charge < -0.3 is 10.4 Å². The van der Waals surface area contributed by atoms with Crippen molar-refractivity contribution >= 4 is 23.3 Å². The van der Waals surface area contributed by atoms with Gasteiger partial charge in [0, 0.05) is 17.6 Å². The highest BCUT2D eigenvalue weighted by Gasteiger charge is 2.27. The number of amides is 2. The molecule has 108 valence electrons. The molecule has 0 bridgehead atoms. The van der Waals surface area contributed by atoms with Gasteiger partial charge >= 0.3 is 6.03 Å². The summed E-state index contributed by atoms with van der Waals surface area (Å²) < 4.78 is 0. The Labute approximate surface area is 123 Å². The second kappa shape index (κ2) is 5.62. The molecule has 1 fully saturated rings. The van der Waals surface area contributed by atoms with Gasteiger partial charge in [-0.05, 0) is 49.8 Å². The maximum atomic E-state index is 12.4. The maximum Gasteiger partial charge on any atom is 0.322 e. The molecule has 2 aliphatic rings. The van der Waals surface area contributed by atoms with Crippen LogP contribution in [-0.4, -0.2) is 29.8 Å². The lowest BCUT2D eigenvalue weighted by atomic mass is 9.93. The topological polar surface area (TPSA) is 52.6 Å². The maximum absolute atomic E-state index is 12.4. The third-order valence-corrected chi connectivity index (χ3v) is 4.45. The normalized spacial score (nSPS) is 25.4. The number of halogens is 1. The number of benzene rings is 1. The van der Waals surface area contributed by atoms with Gasteiger partial charge in [0.25, 0.3) is 0 Å². The molecular formula is C15H19ClN2O2. The molecule has 2 N–H and O–H groups in total. The quantitative estimate of drug-likeness (QED) is 0.837. The second-order valence-corrected chi connectivity index (χ2v) is 6.07. The molecule has 1 aliphatic carbocycles. The van der Waals surface area contributed by atoms with E-state index < -0.39 is 0 Å². The fourth-order valence-electron chi connectivity index (χ4n) is 3.04. The molecule has 1 saturated carbocycles. The first-order valence-electron chi connectivity index (χ1n) is 7.18. The van der Waals surface area contributed by atoms with Crippen molar-refractivity contribution in [3.63, 3.8) is 0 Å². The molecule has 3 rings (SSSR count). The van der Waals surface area contributed by atoms with E-state index in [1.165, 1.54) is 5.56 Å². The Morgan fingerprint density at radius 3 is 2.80 bits per heavy atom. The Kier molecular flexibility index (Phi) is 3.85. The summed E-state index contributed by atoms with van der Waals surface area (Å²) >= 11 is 6.02. The van der Waals surface area contributed by atoms with E-state index in [4.69, 9.17) is 11.6 Å². The van der Waals surface area contributed by atoms with Crippen LogP contribution in [0.1, 0.15) is 31.2 Å². The Morgan fingerprint density at radius 2 is 2.05 bits per heavy atom. The average molecular weight is 295 g/mol. The number of nitrogens with one attached hydrogen (secondary N) is 1. The number of urea groups is 1. The Hall–Kier alpha value is -1.26. The molecular weight excluding hydrogens is 276 g/mol. The number of aliphatic hydroxyl groups is 1. The summed E-state index contributed by atoms with van der Waals surface area (Å²) in [5.41, 5.74) is 2.09. The van der Waals surface area contributed by atoms with Crippen LogP contribution in [0.5, 0.6) is 0 Å². The van der Waals surface area contributed by atoms with E-state index in [1.807, 2.05) is 18.2 Å². The monoisotopic (exact) mass is 294 g/mol. The predicted molar refractivity (Wildman–Crippen MR) is 79.3 cm³/mol. The SMILES string of the molecule is O=C(NC1CCC(O)CC1)N1CCc2ccc(Cl)cc21. The first kappa shape index (κ1) is 13.7. The minimum atomic E-state index is -0.200. The van der Waals surface area contributed by atoms with Crippen LogP contribution in [-0.2, 0) is 6.42 Å². The molecule has 0 aromatic heterocycles. The Balaban J connectivity index is 1.66. The number of carbonyl (C=O) groups excluding carboxylic acids is 1. The summed E-state index contributed by atoms with van der Waals surface area (Å²) in [7, 11) is 0. The predicted octanol–water partition coefficient (Wildman–Crippen LogP) is 2.72. The van der Waals surface area contributed by atoms with Crippen molar-refractivity contribution in [2.45, 2.75) is 44.2 Å². The van der Waals surface area contributed by atoms with Crippen molar-refractivity contribution < 1.29 is 9.90 Å². The van der Waals surface area contributed by atoms with Gasteiger partial charge in [-0.15, -0.1) is 0 Å². The molecule has 1 heterocycles. The summed E-state index contributed by atoms with van der Waals surface area (Å²) in [5, 5.41) is 13.2. The number of carbonyl (C=O) groups is 1. The molecule has 1 aromatic carbocycles. The zero-order valence-corrected chi connectivity index (χ0v) is 12.1. The van der Waals surface area contributed by atoms with Gasteiger partial charge in [-0.2, -0.15) is 0 Å². The fourth-order valence-corrected chi connectivity index (χ4v) is 3.20. The van der Waals surface area contributed by atoms with Gasteiger partial charge in [0.15, 0.2) is 0 Å². The molecule has 4 nitrogen and oxygen atoms in total. The van der Waals surface area contributed by atoms with Crippen molar-refractivity contribution in [2.75, 3.05) is 11.4 Å². The summed E-state index contributed by atoms with van der Waals surface area (Å²) in [6.07, 6.45) is 3.92. The molecule has 0 unspecified atom stereocenters. The highest BCUT2D eigenvalue weighted by Crippen LogP contribution is 2.31. The molecule has 0 saturated heterocycles. The summed E-state index contributed by atoms with van der Waals surface area (Å²) in [6, 6.07) is 5.84. The first-order chi connectivity index (χ1) is 9.63. The lowest BCUT2D eigenvalue weighted by Gasteiger charge is -2.28. The molecule has 1 aromatic rings. The van der Waals surface area contributed by atoms with Crippen LogP contribution < -0.4 is 10.2 Å². The minimum absolute atomic E-state index is 0.0487. The second-order valence-electron chi connectivity index (χ2n) is 5.63. The number of hydrogen-bond acceptors (Lipinski definition) is 2. The number of anilines is 1. The van der Waals surface area contributed by atoms with Gasteiger partial charge in [0.1, 0.15) is 0 Å². The third kappa shape index (κ3) is 2.76. The van der Waals surface area contributed by atoms with E-state index in [0.29, 0.717) is 11.6 Å². The summed E-state index contributed by atoms with van der Waals surface area (Å²) in [4.78, 5) is 14.1. The van der Waals surface area contributed by atoms with E-state index in [9.17, 15) is 9.90 Å². The molecule has 0 atom stereocenters. The lowest BCUT2D eigenvalue weighted by Crippen LogP contribution is -2.46. The average Bonchev–Trinajstić information content (AvgIpc) is 2.84. The zero-order chi connectivity index (χ0) is 14.1. The van der Waals surface area contributed by atoms with E-state index in [-0.39, 0.29) is 18.2 Å². The number of fused-ring (bicyclic) bond motifs is 1. The van der Waals surface area contributed by atoms with E-state index in [2.05, 4.69) is 5.32 Å². The van der Waals surface area contributed by atoms with E-state index >= 15 is 0 Å². The molecule has 1 aliphatic heterocycles. The van der Waals surface area contributed by atoms with Crippen LogP contribution in [0.4, 0.5) is 10.5 Å². The number of aliphatic hydroxyl groups excluding tert-OH is 1. The van der Waals surface area contributed by atoms with Crippen molar-refractivity contribution in [1.29, 1.82) is 0 Å². The van der Waals surface area contributed by atoms with Gasteiger partial charge in [-0.1, -0.05) is 17.7 Å². The van der Waals surface area contributed by atoms with E-state index in [0.717, 1.165) is 37.8 Å². The third-order valence-electron chi connectivity index (χ3n) is 4.21. The van der Waals surface area contributed by atoms with Crippen LogP contribution >= 0.6 is 11.6 Å². The highest BCUT2D eigenvalue weighted by atomic mass is 35.5. The molecule has 20 heavy (non-hydrogen) atoms. The van der Waals surface area contributed by atoms with Crippen LogP contribution in [0, 0.1) is 0 Å². The van der Waals surface area contributed by atoms with Gasteiger partial charge in [0.05, 0.1) is 11.8 Å². The molecule has 2 amide bonds. The Morgan fingerprint density at radius 1 is 1.30 bits per heavy atom. The number of rotatable bonds is 1. The van der Waals surface area contributed by atoms with Gasteiger partial charge in [-0.3, -0.25) is 4.90 Å².